The van der Waals surface area contributed by atoms with E-state index in [0.29, 0.717) is 12.6 Å². The van der Waals surface area contributed by atoms with Crippen molar-refractivity contribution >= 4 is 11.9 Å². The number of imide groups is 1. The second-order valence-electron chi connectivity index (χ2n) is 6.23. The highest BCUT2D eigenvalue weighted by Crippen LogP contribution is 2.01. The van der Waals surface area contributed by atoms with Crippen LogP contribution in [0.4, 0.5) is 4.79 Å². The summed E-state index contributed by atoms with van der Waals surface area (Å²) in [5, 5.41) is 5.11. The molecule has 5 nitrogen and oxygen atoms in total. The average molecular weight is 256 g/mol. The molecular formula is C13H26N3O2+. The van der Waals surface area contributed by atoms with E-state index in [-0.39, 0.29) is 11.4 Å². The largest absolute Gasteiger partial charge is 0.333 e. The van der Waals surface area contributed by atoms with E-state index in [0.717, 1.165) is 13.0 Å². The van der Waals surface area contributed by atoms with Crippen LogP contribution in [-0.2, 0) is 4.79 Å². The molecule has 1 heterocycles. The third-order valence-electron chi connectivity index (χ3n) is 3.21. The summed E-state index contributed by atoms with van der Waals surface area (Å²) in [5.74, 6) is -0.194. The molecule has 1 saturated heterocycles. The van der Waals surface area contributed by atoms with Crippen LogP contribution in [0.1, 0.15) is 47.0 Å². The molecule has 0 aromatic carbocycles. The fourth-order valence-corrected chi connectivity index (χ4v) is 2.26. The summed E-state index contributed by atoms with van der Waals surface area (Å²) in [6.45, 7) is 9.23. The van der Waals surface area contributed by atoms with Gasteiger partial charge in [-0.2, -0.15) is 0 Å². The summed E-state index contributed by atoms with van der Waals surface area (Å²) in [7, 11) is 0. The Hall–Kier alpha value is -1.10. The Bertz CT molecular complexity index is 310. The molecule has 0 aliphatic carbocycles. The predicted octanol–water partition coefficient (Wildman–Crippen LogP) is 0.0680. The predicted molar refractivity (Wildman–Crippen MR) is 70.4 cm³/mol. The van der Waals surface area contributed by atoms with Crippen LogP contribution in [0.3, 0.4) is 0 Å². The summed E-state index contributed by atoms with van der Waals surface area (Å²) in [4.78, 5) is 24.6. The van der Waals surface area contributed by atoms with E-state index in [1.54, 1.807) is 0 Å². The molecule has 0 saturated carbocycles. The van der Waals surface area contributed by atoms with Gasteiger partial charge in [-0.15, -0.1) is 0 Å². The van der Waals surface area contributed by atoms with E-state index in [1.807, 2.05) is 20.8 Å². The smallest absolute Gasteiger partial charge is 0.322 e. The number of hydrogen-bond acceptors (Lipinski definition) is 2. The van der Waals surface area contributed by atoms with E-state index < -0.39 is 6.03 Å². The number of quaternary nitrogens is 1. The molecule has 0 aromatic heterocycles. The first kappa shape index (κ1) is 15.0. The number of amides is 3. The molecule has 104 valence electrons. The van der Waals surface area contributed by atoms with Gasteiger partial charge in [-0.05, 0) is 47.0 Å². The lowest BCUT2D eigenvalue weighted by Gasteiger charge is -2.29. The van der Waals surface area contributed by atoms with Crippen LogP contribution in [0, 0.1) is 0 Å². The first-order chi connectivity index (χ1) is 8.28. The Morgan fingerprint density at radius 3 is 2.50 bits per heavy atom. The van der Waals surface area contributed by atoms with Crippen LogP contribution in [0.2, 0.25) is 0 Å². The van der Waals surface area contributed by atoms with Crippen LogP contribution in [0.15, 0.2) is 0 Å². The highest BCUT2D eigenvalue weighted by Gasteiger charge is 2.25. The summed E-state index contributed by atoms with van der Waals surface area (Å²) < 4.78 is 0. The van der Waals surface area contributed by atoms with Gasteiger partial charge in [0, 0.05) is 5.54 Å². The quantitative estimate of drug-likeness (QED) is 0.654. The van der Waals surface area contributed by atoms with Gasteiger partial charge in [0.15, 0.2) is 6.54 Å². The van der Waals surface area contributed by atoms with Crippen molar-refractivity contribution in [1.82, 2.24) is 10.6 Å². The van der Waals surface area contributed by atoms with Crippen LogP contribution >= 0.6 is 0 Å². The molecule has 0 aromatic rings. The first-order valence-electron chi connectivity index (χ1n) is 6.74. The fourth-order valence-electron chi connectivity index (χ4n) is 2.26. The van der Waals surface area contributed by atoms with Gasteiger partial charge in [0.25, 0.3) is 5.91 Å². The molecule has 3 N–H and O–H groups in total. The Balaban J connectivity index is 2.34. The average Bonchev–Trinajstić information content (AvgIpc) is 2.18. The second kappa shape index (κ2) is 6.18. The fraction of sp³-hybridized carbons (Fsp3) is 0.846. The molecular weight excluding hydrogens is 230 g/mol. The maximum absolute atomic E-state index is 11.8. The van der Waals surface area contributed by atoms with Crippen molar-refractivity contribution in [1.29, 1.82) is 0 Å². The molecule has 18 heavy (non-hydrogen) atoms. The number of nitrogens with one attached hydrogen (secondary N) is 3. The number of rotatable bonds is 2. The van der Waals surface area contributed by atoms with Gasteiger partial charge in [0.1, 0.15) is 0 Å². The molecule has 0 spiro atoms. The van der Waals surface area contributed by atoms with Gasteiger partial charge >= 0.3 is 6.03 Å². The topological polar surface area (TPSA) is 62.6 Å². The minimum Gasteiger partial charge on any atom is -0.333 e. The van der Waals surface area contributed by atoms with Gasteiger partial charge in [-0.25, -0.2) is 4.79 Å². The second-order valence-corrected chi connectivity index (χ2v) is 6.23. The molecule has 1 aliphatic rings. The van der Waals surface area contributed by atoms with Crippen molar-refractivity contribution in [3.8, 4) is 0 Å². The van der Waals surface area contributed by atoms with Crippen LogP contribution in [-0.4, -0.2) is 36.6 Å². The molecule has 1 aliphatic heterocycles. The third-order valence-corrected chi connectivity index (χ3v) is 3.21. The summed E-state index contributed by atoms with van der Waals surface area (Å²) in [6.07, 6.45) is 3.58. The van der Waals surface area contributed by atoms with Crippen molar-refractivity contribution in [2.45, 2.75) is 58.5 Å². The minimum atomic E-state index is -0.406. The minimum absolute atomic E-state index is 0.194. The Labute approximate surface area is 109 Å². The number of carbonyl (C=O) groups excluding carboxylic acids is 2. The molecule has 5 heteroatoms. The Morgan fingerprint density at radius 1 is 1.28 bits per heavy atom. The van der Waals surface area contributed by atoms with Crippen molar-refractivity contribution < 1.29 is 14.5 Å². The molecule has 1 fully saturated rings. The Morgan fingerprint density at radius 2 is 1.94 bits per heavy atom. The zero-order valence-electron chi connectivity index (χ0n) is 11.9. The number of carbonyl (C=O) groups is 2. The van der Waals surface area contributed by atoms with Gasteiger partial charge in [0.2, 0.25) is 0 Å². The normalized spacial score (nSPS) is 24.4. The van der Waals surface area contributed by atoms with Crippen LogP contribution < -0.4 is 15.5 Å². The van der Waals surface area contributed by atoms with Crippen LogP contribution in [0.5, 0.6) is 0 Å². The maximum Gasteiger partial charge on any atom is 0.322 e. The first-order valence-corrected chi connectivity index (χ1v) is 6.74. The van der Waals surface area contributed by atoms with E-state index in [2.05, 4.69) is 17.6 Å². The standard InChI is InChI=1S/C13H25N3O2/c1-10-7-5-6-8-16(10)9-11(17)14-12(18)15-13(2,3)4/h10H,5-9H2,1-4H3,(H2,14,15,17,18)/p+1/t10-/m1/s1. The van der Waals surface area contributed by atoms with Crippen LogP contribution in [0.25, 0.3) is 0 Å². The lowest BCUT2D eigenvalue weighted by atomic mass is 10.0. The zero-order valence-corrected chi connectivity index (χ0v) is 11.9. The number of hydrogen-bond donors (Lipinski definition) is 3. The number of urea groups is 1. The van der Waals surface area contributed by atoms with Crippen molar-refractivity contribution in [2.75, 3.05) is 13.1 Å². The lowest BCUT2D eigenvalue weighted by Crippen LogP contribution is -3.17. The van der Waals surface area contributed by atoms with E-state index in [4.69, 9.17) is 0 Å². The third kappa shape index (κ3) is 5.49. The number of likely N-dealkylation sites (tertiary alicyclic amines) is 1. The highest BCUT2D eigenvalue weighted by molar-refractivity contribution is 5.94. The van der Waals surface area contributed by atoms with Gasteiger partial charge in [0.05, 0.1) is 12.6 Å². The van der Waals surface area contributed by atoms with Crippen molar-refractivity contribution in [3.05, 3.63) is 0 Å². The van der Waals surface area contributed by atoms with Crippen molar-refractivity contribution in [3.63, 3.8) is 0 Å². The molecule has 0 bridgehead atoms. The maximum atomic E-state index is 11.8. The van der Waals surface area contributed by atoms with E-state index in [9.17, 15) is 9.59 Å². The summed E-state index contributed by atoms with van der Waals surface area (Å²) in [6, 6.07) is 0.103. The molecule has 1 rings (SSSR count). The Kier molecular flexibility index (Phi) is 5.14. The molecule has 2 atom stereocenters. The molecule has 0 radical (unpaired) electrons. The van der Waals surface area contributed by atoms with Gasteiger partial charge in [-0.3, -0.25) is 10.1 Å². The monoisotopic (exact) mass is 256 g/mol. The van der Waals surface area contributed by atoms with Gasteiger partial charge < -0.3 is 10.2 Å². The van der Waals surface area contributed by atoms with Crippen molar-refractivity contribution in [2.24, 2.45) is 0 Å². The van der Waals surface area contributed by atoms with E-state index in [1.165, 1.54) is 17.7 Å². The lowest BCUT2D eigenvalue weighted by molar-refractivity contribution is -0.920. The highest BCUT2D eigenvalue weighted by atomic mass is 16.2. The zero-order chi connectivity index (χ0) is 13.8. The van der Waals surface area contributed by atoms with Gasteiger partial charge in [-0.1, -0.05) is 0 Å². The molecule has 3 amide bonds. The molecule has 1 unspecified atom stereocenters. The SMILES string of the molecule is C[C@@H]1CCCC[NH+]1CC(=O)NC(=O)NC(C)(C)C. The van der Waals surface area contributed by atoms with E-state index >= 15 is 0 Å². The summed E-state index contributed by atoms with van der Waals surface area (Å²) >= 11 is 0. The summed E-state index contributed by atoms with van der Waals surface area (Å²) in [5.41, 5.74) is -0.324. The number of piperidine rings is 1.